The van der Waals surface area contributed by atoms with Gasteiger partial charge in [0.1, 0.15) is 29.6 Å². The summed E-state index contributed by atoms with van der Waals surface area (Å²) < 4.78 is 11.4. The lowest BCUT2D eigenvalue weighted by Gasteiger charge is -2.20. The average molecular weight is 452 g/mol. The van der Waals surface area contributed by atoms with Gasteiger partial charge in [0.2, 0.25) is 5.91 Å². The van der Waals surface area contributed by atoms with Crippen molar-refractivity contribution in [2.45, 2.75) is 18.8 Å². The number of fused-ring (bicyclic) bond motifs is 1. The fourth-order valence-corrected chi connectivity index (χ4v) is 5.36. The number of benzene rings is 1. The third kappa shape index (κ3) is 3.39. The Morgan fingerprint density at radius 3 is 2.77 bits per heavy atom. The molecule has 2 amide bonds. The largest absolute Gasteiger partial charge is 0.486 e. The van der Waals surface area contributed by atoms with Gasteiger partial charge in [-0.15, -0.1) is 11.3 Å². The van der Waals surface area contributed by atoms with E-state index in [1.54, 1.807) is 0 Å². The maximum absolute atomic E-state index is 13.0. The van der Waals surface area contributed by atoms with Gasteiger partial charge in [-0.25, -0.2) is 9.97 Å². The molecule has 7 nitrogen and oxygen atoms in total. The van der Waals surface area contributed by atoms with Crippen molar-refractivity contribution in [3.05, 3.63) is 65.2 Å². The molecule has 0 bridgehead atoms. The number of carbonyl (C=O) groups excluding carboxylic acids is 2. The predicted molar refractivity (Wildman–Crippen MR) is 119 cm³/mol. The number of imide groups is 1. The fraction of sp³-hybridized carbons (Fsp3) is 0.182. The number of nitrogens with zero attached hydrogens (tertiary/aromatic N) is 3. The summed E-state index contributed by atoms with van der Waals surface area (Å²) >= 11 is 2.51. The van der Waals surface area contributed by atoms with Crippen LogP contribution in [0.2, 0.25) is 0 Å². The minimum Gasteiger partial charge on any atom is -0.486 e. The molecule has 1 fully saturated rings. The lowest BCUT2D eigenvalue weighted by atomic mass is 9.99. The summed E-state index contributed by atoms with van der Waals surface area (Å²) in [6.07, 6.45) is 2.86. The van der Waals surface area contributed by atoms with E-state index in [-0.39, 0.29) is 17.8 Å². The summed E-state index contributed by atoms with van der Waals surface area (Å²) in [6.45, 7) is 2.14. The predicted octanol–water partition coefficient (Wildman–Crippen LogP) is 5.21. The molecule has 31 heavy (non-hydrogen) atoms. The Morgan fingerprint density at radius 2 is 2.10 bits per heavy atom. The molecule has 0 N–H and O–H groups in total. The Labute approximate surface area is 186 Å². The number of hydrogen-bond acceptors (Lipinski definition) is 8. The van der Waals surface area contributed by atoms with Crippen LogP contribution in [0.4, 0.5) is 4.79 Å². The van der Waals surface area contributed by atoms with Crippen LogP contribution in [-0.4, -0.2) is 33.1 Å². The number of pyridine rings is 1. The molecule has 1 aliphatic heterocycles. The number of hydrogen-bond donors (Lipinski definition) is 0. The Morgan fingerprint density at radius 1 is 1.23 bits per heavy atom. The molecular formula is C22H17N3O4S2. The molecule has 0 saturated carbocycles. The van der Waals surface area contributed by atoms with Crippen LogP contribution in [-0.2, 0) is 11.4 Å². The number of aromatic nitrogens is 2. The Bertz CT molecular complexity index is 1290. The summed E-state index contributed by atoms with van der Waals surface area (Å²) in [7, 11) is 1.50. The Balaban J connectivity index is 1.79. The first-order valence-corrected chi connectivity index (χ1v) is 11.3. The van der Waals surface area contributed by atoms with E-state index in [1.807, 2.05) is 42.6 Å². The number of ether oxygens (including phenoxy) is 1. The van der Waals surface area contributed by atoms with E-state index < -0.39 is 5.25 Å². The second-order valence-corrected chi connectivity index (χ2v) is 9.08. The number of oxazole rings is 1. The highest BCUT2D eigenvalue weighted by Crippen LogP contribution is 2.49. The Kier molecular flexibility index (Phi) is 4.99. The SMILES string of the molecule is Cc1cccc2nc(-c3cccs3)c(C3SC(=O)N(C)C3=O)c(OCc3cocn3)c12. The number of carbonyl (C=O) groups is 2. The van der Waals surface area contributed by atoms with Crippen LogP contribution in [0.5, 0.6) is 5.75 Å². The molecule has 1 aliphatic rings. The molecule has 156 valence electrons. The number of amides is 2. The first-order chi connectivity index (χ1) is 15.0. The highest BCUT2D eigenvalue weighted by atomic mass is 32.2. The highest BCUT2D eigenvalue weighted by molar-refractivity contribution is 8.15. The Hall–Kier alpha value is -3.17. The molecule has 1 unspecified atom stereocenters. The number of rotatable bonds is 5. The summed E-state index contributed by atoms with van der Waals surface area (Å²) in [5.41, 5.74) is 3.62. The van der Waals surface area contributed by atoms with Gasteiger partial charge >= 0.3 is 0 Å². The average Bonchev–Trinajstić information content (AvgIpc) is 3.52. The van der Waals surface area contributed by atoms with Gasteiger partial charge in [-0.3, -0.25) is 14.5 Å². The molecular weight excluding hydrogens is 434 g/mol. The number of thiophene rings is 1. The van der Waals surface area contributed by atoms with Crippen LogP contribution >= 0.6 is 23.1 Å². The molecule has 1 saturated heterocycles. The lowest BCUT2D eigenvalue weighted by Crippen LogP contribution is -2.25. The van der Waals surface area contributed by atoms with Gasteiger partial charge in [0.25, 0.3) is 5.24 Å². The van der Waals surface area contributed by atoms with E-state index in [1.165, 1.54) is 31.0 Å². The third-order valence-electron chi connectivity index (χ3n) is 5.12. The van der Waals surface area contributed by atoms with E-state index in [9.17, 15) is 9.59 Å². The molecule has 0 spiro atoms. The third-order valence-corrected chi connectivity index (χ3v) is 7.15. The monoisotopic (exact) mass is 451 g/mol. The lowest BCUT2D eigenvalue weighted by molar-refractivity contribution is -0.125. The van der Waals surface area contributed by atoms with Crippen molar-refractivity contribution in [1.29, 1.82) is 0 Å². The normalized spacial score (nSPS) is 16.5. The molecule has 9 heteroatoms. The second-order valence-electron chi connectivity index (χ2n) is 7.08. The molecule has 0 aliphatic carbocycles. The summed E-state index contributed by atoms with van der Waals surface area (Å²) in [5.74, 6) is 0.261. The van der Waals surface area contributed by atoms with Crippen LogP contribution in [0.3, 0.4) is 0 Å². The first-order valence-electron chi connectivity index (χ1n) is 9.49. The second kappa shape index (κ2) is 7.82. The number of aryl methyl sites for hydroxylation is 1. The van der Waals surface area contributed by atoms with Crippen LogP contribution in [0.1, 0.15) is 22.1 Å². The maximum Gasteiger partial charge on any atom is 0.289 e. The standard InChI is InChI=1S/C22H17N3O4S2/c1-12-5-3-6-14-16(12)19(29-10-13-9-28-11-23-13)17(18(24-14)15-7-4-8-30-15)20-21(26)25(2)22(27)31-20/h3-9,11,20H,10H2,1-2H3. The van der Waals surface area contributed by atoms with Crippen LogP contribution in [0.25, 0.3) is 21.5 Å². The zero-order valence-corrected chi connectivity index (χ0v) is 18.3. The van der Waals surface area contributed by atoms with E-state index in [0.717, 1.165) is 38.0 Å². The van der Waals surface area contributed by atoms with Crippen LogP contribution < -0.4 is 4.74 Å². The summed E-state index contributed by atoms with van der Waals surface area (Å²) in [6, 6.07) is 9.73. The van der Waals surface area contributed by atoms with Gasteiger partial charge in [-0.2, -0.15) is 0 Å². The van der Waals surface area contributed by atoms with Gasteiger partial charge in [0.05, 0.1) is 16.1 Å². The van der Waals surface area contributed by atoms with E-state index in [2.05, 4.69) is 4.98 Å². The molecule has 4 heterocycles. The fourth-order valence-electron chi connectivity index (χ4n) is 3.59. The number of likely N-dealkylation sites (N-methyl/N-ethyl adjacent to an activating group) is 1. The van der Waals surface area contributed by atoms with Crippen molar-refractivity contribution in [1.82, 2.24) is 14.9 Å². The van der Waals surface area contributed by atoms with Gasteiger partial charge in [0.15, 0.2) is 6.39 Å². The van der Waals surface area contributed by atoms with Gasteiger partial charge in [-0.05, 0) is 41.8 Å². The van der Waals surface area contributed by atoms with Crippen molar-refractivity contribution >= 4 is 45.1 Å². The minimum absolute atomic E-state index is 0.163. The van der Waals surface area contributed by atoms with E-state index in [4.69, 9.17) is 14.1 Å². The minimum atomic E-state index is -0.738. The zero-order valence-electron chi connectivity index (χ0n) is 16.7. The van der Waals surface area contributed by atoms with Gasteiger partial charge < -0.3 is 9.15 Å². The topological polar surface area (TPSA) is 85.5 Å². The van der Waals surface area contributed by atoms with Crippen LogP contribution in [0, 0.1) is 6.92 Å². The van der Waals surface area contributed by atoms with Crippen molar-refractivity contribution in [2.24, 2.45) is 0 Å². The van der Waals surface area contributed by atoms with Crippen molar-refractivity contribution < 1.29 is 18.7 Å². The van der Waals surface area contributed by atoms with E-state index >= 15 is 0 Å². The smallest absolute Gasteiger partial charge is 0.289 e. The van der Waals surface area contributed by atoms with Gasteiger partial charge in [-0.1, -0.05) is 18.2 Å². The molecule has 5 rings (SSSR count). The van der Waals surface area contributed by atoms with Crippen molar-refractivity contribution in [2.75, 3.05) is 7.05 Å². The van der Waals surface area contributed by atoms with Gasteiger partial charge in [0, 0.05) is 18.0 Å². The molecule has 1 aromatic carbocycles. The highest BCUT2D eigenvalue weighted by Gasteiger charge is 2.42. The first kappa shape index (κ1) is 19.8. The zero-order chi connectivity index (χ0) is 21.5. The summed E-state index contributed by atoms with van der Waals surface area (Å²) in [5, 5.41) is 1.74. The number of thioether (sulfide) groups is 1. The molecule has 0 radical (unpaired) electrons. The van der Waals surface area contributed by atoms with Crippen molar-refractivity contribution in [3.63, 3.8) is 0 Å². The quantitative estimate of drug-likeness (QED) is 0.412. The maximum atomic E-state index is 13.0. The van der Waals surface area contributed by atoms with E-state index in [0.29, 0.717) is 22.7 Å². The molecule has 4 aromatic rings. The molecule has 3 aromatic heterocycles. The van der Waals surface area contributed by atoms with Crippen molar-refractivity contribution in [3.8, 4) is 16.3 Å². The summed E-state index contributed by atoms with van der Waals surface area (Å²) in [4.78, 5) is 36.5. The van der Waals surface area contributed by atoms with Crippen LogP contribution in [0.15, 0.2) is 52.8 Å². The molecule has 1 atom stereocenters.